The molecule has 2 heterocycles. The molecule has 124 valence electrons. The van der Waals surface area contributed by atoms with Gasteiger partial charge in [-0.1, -0.05) is 48.5 Å². The van der Waals surface area contributed by atoms with Crippen molar-refractivity contribution in [2.75, 3.05) is 19.7 Å². The number of nitrogens with zero attached hydrogens (tertiary/aromatic N) is 2. The Balaban J connectivity index is 1.51. The number of rotatable bonds is 4. The largest absolute Gasteiger partial charge is 0.484 e. The van der Waals surface area contributed by atoms with E-state index in [0.717, 1.165) is 18.8 Å². The van der Waals surface area contributed by atoms with E-state index in [1.807, 2.05) is 53.4 Å². The van der Waals surface area contributed by atoms with Crippen LogP contribution in [-0.2, 0) is 4.79 Å². The number of hydrogen-bond acceptors (Lipinski definition) is 3. The molecule has 4 rings (SSSR count). The van der Waals surface area contributed by atoms with E-state index in [4.69, 9.17) is 4.74 Å². The first-order valence-electron chi connectivity index (χ1n) is 8.61. The molecule has 0 saturated carbocycles. The quantitative estimate of drug-likeness (QED) is 0.867. The van der Waals surface area contributed by atoms with Gasteiger partial charge in [0.25, 0.3) is 5.91 Å². The lowest BCUT2D eigenvalue weighted by atomic mass is 10.1. The van der Waals surface area contributed by atoms with Crippen molar-refractivity contribution in [1.82, 2.24) is 9.80 Å². The maximum absolute atomic E-state index is 12.8. The number of carbonyl (C=O) groups excluding carboxylic acids is 1. The van der Waals surface area contributed by atoms with Gasteiger partial charge < -0.3 is 9.64 Å². The Kier molecular flexibility index (Phi) is 4.22. The van der Waals surface area contributed by atoms with Crippen molar-refractivity contribution in [1.29, 1.82) is 0 Å². The normalized spacial score (nSPS) is 23.2. The van der Waals surface area contributed by atoms with E-state index in [1.54, 1.807) is 0 Å². The Labute approximate surface area is 142 Å². The molecule has 2 aromatic carbocycles. The van der Waals surface area contributed by atoms with Crippen LogP contribution in [0.25, 0.3) is 0 Å². The first-order valence-corrected chi connectivity index (χ1v) is 8.61. The van der Waals surface area contributed by atoms with Crippen LogP contribution in [0.3, 0.4) is 0 Å². The van der Waals surface area contributed by atoms with Gasteiger partial charge in [-0.25, -0.2) is 0 Å². The number of para-hydroxylation sites is 1. The molecule has 0 radical (unpaired) electrons. The Morgan fingerprint density at radius 1 is 1.04 bits per heavy atom. The van der Waals surface area contributed by atoms with Gasteiger partial charge in [-0.05, 0) is 30.5 Å². The summed E-state index contributed by atoms with van der Waals surface area (Å²) in [6.45, 7) is 1.96. The highest BCUT2D eigenvalue weighted by molar-refractivity contribution is 5.78. The first kappa shape index (κ1) is 15.2. The number of benzene rings is 2. The molecule has 2 aliphatic rings. The predicted molar refractivity (Wildman–Crippen MR) is 92.6 cm³/mol. The van der Waals surface area contributed by atoms with Gasteiger partial charge in [-0.2, -0.15) is 0 Å². The second kappa shape index (κ2) is 6.65. The average Bonchev–Trinajstić information content (AvgIpc) is 3.22. The number of ether oxygens (including phenoxy) is 1. The fourth-order valence-electron chi connectivity index (χ4n) is 3.86. The summed E-state index contributed by atoms with van der Waals surface area (Å²) in [4.78, 5) is 17.3. The second-order valence-corrected chi connectivity index (χ2v) is 6.47. The van der Waals surface area contributed by atoms with Crippen LogP contribution in [-0.4, -0.2) is 41.4 Å². The molecule has 1 amide bonds. The zero-order valence-corrected chi connectivity index (χ0v) is 13.7. The second-order valence-electron chi connectivity index (χ2n) is 6.47. The maximum atomic E-state index is 12.8. The minimum atomic E-state index is 0.0468. The molecule has 0 aliphatic carbocycles. The summed E-state index contributed by atoms with van der Waals surface area (Å²) in [5.41, 5.74) is 1.19. The lowest BCUT2D eigenvalue weighted by Crippen LogP contribution is -2.38. The zero-order chi connectivity index (χ0) is 16.4. The number of carbonyl (C=O) groups is 1. The van der Waals surface area contributed by atoms with E-state index < -0.39 is 0 Å². The smallest absolute Gasteiger partial charge is 0.262 e. The molecule has 0 spiro atoms. The van der Waals surface area contributed by atoms with Crippen molar-refractivity contribution < 1.29 is 9.53 Å². The number of amides is 1. The van der Waals surface area contributed by atoms with Crippen LogP contribution in [0.1, 0.15) is 24.6 Å². The Hall–Kier alpha value is -2.33. The lowest BCUT2D eigenvalue weighted by Gasteiger charge is -2.29. The molecule has 0 N–H and O–H groups in total. The summed E-state index contributed by atoms with van der Waals surface area (Å²) in [6, 6.07) is 20.3. The zero-order valence-electron chi connectivity index (χ0n) is 13.7. The van der Waals surface area contributed by atoms with Gasteiger partial charge in [0, 0.05) is 19.1 Å². The molecule has 2 aromatic rings. The van der Waals surface area contributed by atoms with Crippen molar-refractivity contribution in [3.8, 4) is 5.75 Å². The van der Waals surface area contributed by atoms with E-state index >= 15 is 0 Å². The summed E-state index contributed by atoms with van der Waals surface area (Å²) in [7, 11) is 0. The standard InChI is InChI=1S/C20H22N2O2/c23-19(15-24-18-11-5-2-6-12-18)22-14-17-10-7-13-21(17)20(22)16-8-3-1-4-9-16/h1-6,8-9,11-12,17,20H,7,10,13-15H2. The van der Waals surface area contributed by atoms with Gasteiger partial charge in [-0.15, -0.1) is 0 Å². The highest BCUT2D eigenvalue weighted by Crippen LogP contribution is 2.38. The van der Waals surface area contributed by atoms with Crippen molar-refractivity contribution in [2.24, 2.45) is 0 Å². The number of hydrogen-bond donors (Lipinski definition) is 0. The van der Waals surface area contributed by atoms with E-state index in [0.29, 0.717) is 6.04 Å². The predicted octanol–water partition coefficient (Wildman–Crippen LogP) is 3.07. The van der Waals surface area contributed by atoms with E-state index in [9.17, 15) is 4.79 Å². The van der Waals surface area contributed by atoms with Gasteiger partial charge in [0.05, 0.1) is 0 Å². The van der Waals surface area contributed by atoms with Gasteiger partial charge in [-0.3, -0.25) is 9.69 Å². The first-order chi connectivity index (χ1) is 11.8. The molecule has 2 unspecified atom stereocenters. The highest BCUT2D eigenvalue weighted by atomic mass is 16.5. The Morgan fingerprint density at radius 2 is 1.75 bits per heavy atom. The van der Waals surface area contributed by atoms with Crippen LogP contribution >= 0.6 is 0 Å². The summed E-state index contributed by atoms with van der Waals surface area (Å²) < 4.78 is 5.68. The summed E-state index contributed by atoms with van der Waals surface area (Å²) in [6.07, 6.45) is 2.44. The van der Waals surface area contributed by atoms with Crippen LogP contribution in [0, 0.1) is 0 Å². The third-order valence-electron chi connectivity index (χ3n) is 4.96. The van der Waals surface area contributed by atoms with Crippen molar-refractivity contribution in [2.45, 2.75) is 25.0 Å². The monoisotopic (exact) mass is 322 g/mol. The minimum absolute atomic E-state index is 0.0468. The fraction of sp³-hybridized carbons (Fsp3) is 0.350. The molecule has 4 nitrogen and oxygen atoms in total. The van der Waals surface area contributed by atoms with Crippen LogP contribution in [0.5, 0.6) is 5.75 Å². The molecule has 0 aromatic heterocycles. The van der Waals surface area contributed by atoms with Gasteiger partial charge in [0.2, 0.25) is 0 Å². The third-order valence-corrected chi connectivity index (χ3v) is 4.96. The third kappa shape index (κ3) is 2.89. The van der Waals surface area contributed by atoms with Gasteiger partial charge >= 0.3 is 0 Å². The van der Waals surface area contributed by atoms with Gasteiger partial charge in [0.15, 0.2) is 6.61 Å². The average molecular weight is 322 g/mol. The molecular formula is C20H22N2O2. The molecule has 2 atom stereocenters. The molecule has 24 heavy (non-hydrogen) atoms. The topological polar surface area (TPSA) is 32.8 Å². The number of fused-ring (bicyclic) bond motifs is 1. The SMILES string of the molecule is O=C(COc1ccccc1)N1CC2CCCN2C1c1ccccc1. The maximum Gasteiger partial charge on any atom is 0.262 e. The van der Waals surface area contributed by atoms with Gasteiger partial charge in [0.1, 0.15) is 11.9 Å². The molecular weight excluding hydrogens is 300 g/mol. The summed E-state index contributed by atoms with van der Waals surface area (Å²) in [5, 5.41) is 0. The van der Waals surface area contributed by atoms with E-state index in [2.05, 4.69) is 17.0 Å². The van der Waals surface area contributed by atoms with Crippen molar-refractivity contribution >= 4 is 5.91 Å². The Bertz CT molecular complexity index is 689. The lowest BCUT2D eigenvalue weighted by molar-refractivity contribution is -0.135. The van der Waals surface area contributed by atoms with Crippen LogP contribution in [0.15, 0.2) is 60.7 Å². The Morgan fingerprint density at radius 3 is 2.50 bits per heavy atom. The summed E-state index contributed by atoms with van der Waals surface area (Å²) >= 11 is 0. The molecule has 2 fully saturated rings. The van der Waals surface area contributed by atoms with Crippen LogP contribution in [0.2, 0.25) is 0 Å². The van der Waals surface area contributed by atoms with E-state index in [1.165, 1.54) is 18.4 Å². The van der Waals surface area contributed by atoms with E-state index in [-0.39, 0.29) is 18.7 Å². The van der Waals surface area contributed by atoms with Crippen LogP contribution in [0.4, 0.5) is 0 Å². The fourth-order valence-corrected chi connectivity index (χ4v) is 3.86. The summed E-state index contributed by atoms with van der Waals surface area (Å²) in [5.74, 6) is 0.795. The minimum Gasteiger partial charge on any atom is -0.484 e. The van der Waals surface area contributed by atoms with Crippen LogP contribution < -0.4 is 4.74 Å². The molecule has 0 bridgehead atoms. The van der Waals surface area contributed by atoms with Crippen molar-refractivity contribution in [3.63, 3.8) is 0 Å². The van der Waals surface area contributed by atoms with Crippen molar-refractivity contribution in [3.05, 3.63) is 66.2 Å². The molecule has 2 saturated heterocycles. The highest BCUT2D eigenvalue weighted by Gasteiger charge is 2.44. The molecule has 2 aliphatic heterocycles. The molecule has 4 heteroatoms.